The highest BCUT2D eigenvalue weighted by Gasteiger charge is 2.48. The molecule has 0 aliphatic carbocycles. The van der Waals surface area contributed by atoms with Crippen molar-refractivity contribution in [3.8, 4) is 5.75 Å². The fourth-order valence-electron chi connectivity index (χ4n) is 1.46. The molecule has 10 heteroatoms. The van der Waals surface area contributed by atoms with Crippen LogP contribution in [0, 0.1) is 0 Å². The van der Waals surface area contributed by atoms with Gasteiger partial charge in [0.25, 0.3) is 0 Å². The van der Waals surface area contributed by atoms with Gasteiger partial charge in [-0.15, -0.1) is 0 Å². The normalized spacial score (nSPS) is 12.4. The van der Waals surface area contributed by atoms with E-state index in [-0.39, 0.29) is 5.75 Å². The highest BCUT2D eigenvalue weighted by atomic mass is 32.2. The molecular formula is C7H8B3F3O3S. The fourth-order valence-corrected chi connectivity index (χ4v) is 2.03. The molecule has 0 saturated carbocycles. The van der Waals surface area contributed by atoms with E-state index in [4.69, 9.17) is 0 Å². The first-order valence-corrected chi connectivity index (χ1v) is 6.04. The van der Waals surface area contributed by atoms with Crippen LogP contribution in [0.25, 0.3) is 0 Å². The third-order valence-electron chi connectivity index (χ3n) is 2.08. The predicted octanol–water partition coefficient (Wildman–Crippen LogP) is -3.31. The summed E-state index contributed by atoms with van der Waals surface area (Å²) in [5.41, 5.74) is -3.92. The Bertz CT molecular complexity index is 518. The maximum absolute atomic E-state index is 12.1. The van der Waals surface area contributed by atoms with Crippen LogP contribution in [0.15, 0.2) is 12.1 Å². The van der Waals surface area contributed by atoms with Gasteiger partial charge in [-0.3, -0.25) is 0 Å². The average molecular weight is 262 g/mol. The summed E-state index contributed by atoms with van der Waals surface area (Å²) in [6.45, 7) is 0. The van der Waals surface area contributed by atoms with Crippen LogP contribution in [0.1, 0.15) is 0 Å². The summed E-state index contributed by atoms with van der Waals surface area (Å²) in [4.78, 5) is 0. The van der Waals surface area contributed by atoms with E-state index < -0.39 is 15.6 Å². The fraction of sp³-hybridized carbons (Fsp3) is 0.143. The van der Waals surface area contributed by atoms with E-state index >= 15 is 0 Å². The molecule has 0 spiro atoms. The van der Waals surface area contributed by atoms with Gasteiger partial charge in [-0.1, -0.05) is 17.6 Å². The lowest BCUT2D eigenvalue weighted by Crippen LogP contribution is -2.34. The molecule has 0 N–H and O–H groups in total. The monoisotopic (exact) mass is 262 g/mol. The Morgan fingerprint density at radius 2 is 1.47 bits per heavy atom. The summed E-state index contributed by atoms with van der Waals surface area (Å²) in [7, 11) is -0.882. The Morgan fingerprint density at radius 3 is 1.82 bits per heavy atom. The maximum atomic E-state index is 12.1. The highest BCUT2D eigenvalue weighted by Crippen LogP contribution is 2.25. The summed E-state index contributed by atoms with van der Waals surface area (Å²) in [6, 6.07) is 3.10. The topological polar surface area (TPSA) is 43.4 Å². The van der Waals surface area contributed by atoms with Crippen molar-refractivity contribution in [3.63, 3.8) is 0 Å². The van der Waals surface area contributed by atoms with Crippen molar-refractivity contribution in [1.29, 1.82) is 0 Å². The third kappa shape index (κ3) is 2.99. The lowest BCUT2D eigenvalue weighted by molar-refractivity contribution is -0.0499. The van der Waals surface area contributed by atoms with E-state index in [1.165, 1.54) is 15.7 Å². The van der Waals surface area contributed by atoms with Crippen molar-refractivity contribution in [1.82, 2.24) is 0 Å². The molecule has 0 radical (unpaired) electrons. The van der Waals surface area contributed by atoms with Crippen LogP contribution in [0.4, 0.5) is 13.2 Å². The average Bonchev–Trinajstić information content (AvgIpc) is 2.09. The van der Waals surface area contributed by atoms with Gasteiger partial charge in [-0.25, -0.2) is 0 Å². The van der Waals surface area contributed by atoms with Crippen LogP contribution >= 0.6 is 0 Å². The van der Waals surface area contributed by atoms with Crippen LogP contribution in [-0.4, -0.2) is 37.5 Å². The van der Waals surface area contributed by atoms with E-state index in [1.807, 2.05) is 0 Å². The number of hydrogen-bond acceptors (Lipinski definition) is 3. The molecule has 1 aromatic rings. The first-order valence-electron chi connectivity index (χ1n) is 4.63. The number of benzene rings is 1. The molecule has 0 aliphatic heterocycles. The summed E-state index contributed by atoms with van der Waals surface area (Å²) < 4.78 is 62.3. The predicted molar refractivity (Wildman–Crippen MR) is 66.6 cm³/mol. The molecule has 0 aliphatic rings. The first kappa shape index (κ1) is 14.0. The van der Waals surface area contributed by atoms with Crippen molar-refractivity contribution in [3.05, 3.63) is 12.1 Å². The third-order valence-corrected chi connectivity index (χ3v) is 3.03. The SMILES string of the molecule is Bc1cc(B)c(OS(=O)(=O)C(F)(F)F)c(B)c1. The summed E-state index contributed by atoms with van der Waals surface area (Å²) in [5.74, 6) is -0.270. The Hall–Kier alpha value is -1.05. The van der Waals surface area contributed by atoms with Gasteiger partial charge in [-0.05, 0) is 10.9 Å². The van der Waals surface area contributed by atoms with Crippen molar-refractivity contribution >= 4 is 50.0 Å². The largest absolute Gasteiger partial charge is 0.534 e. The molecule has 3 nitrogen and oxygen atoms in total. The van der Waals surface area contributed by atoms with Gasteiger partial charge in [0.1, 0.15) is 29.3 Å². The Kier molecular flexibility index (Phi) is 3.56. The molecule has 0 aromatic heterocycles. The second kappa shape index (κ2) is 4.32. The zero-order valence-electron chi connectivity index (χ0n) is 9.42. The highest BCUT2D eigenvalue weighted by molar-refractivity contribution is 7.88. The van der Waals surface area contributed by atoms with E-state index in [2.05, 4.69) is 4.18 Å². The van der Waals surface area contributed by atoms with Crippen molar-refractivity contribution in [2.24, 2.45) is 0 Å². The summed E-state index contributed by atoms with van der Waals surface area (Å²) >= 11 is 0. The zero-order chi connectivity index (χ0) is 13.4. The van der Waals surface area contributed by atoms with E-state index in [0.29, 0.717) is 10.9 Å². The van der Waals surface area contributed by atoms with Crippen LogP contribution < -0.4 is 20.6 Å². The second-order valence-electron chi connectivity index (χ2n) is 3.71. The molecule has 0 atom stereocenters. The minimum Gasteiger partial charge on any atom is -0.377 e. The Balaban J connectivity index is 3.22. The molecule has 0 amide bonds. The summed E-state index contributed by atoms with van der Waals surface area (Å²) in [5, 5.41) is 0. The minimum absolute atomic E-state index is 0.270. The van der Waals surface area contributed by atoms with E-state index in [1.54, 1.807) is 20.0 Å². The van der Waals surface area contributed by atoms with Gasteiger partial charge in [0.05, 0.1) is 0 Å². The van der Waals surface area contributed by atoms with Gasteiger partial charge in [-0.2, -0.15) is 21.6 Å². The maximum Gasteiger partial charge on any atom is 0.534 e. The molecule has 0 saturated heterocycles. The molecule has 0 fully saturated rings. The van der Waals surface area contributed by atoms with E-state index in [9.17, 15) is 21.6 Å². The van der Waals surface area contributed by atoms with Crippen LogP contribution in [0.5, 0.6) is 5.75 Å². The molecule has 0 unspecified atom stereocenters. The Morgan fingerprint density at radius 1 is 1.06 bits per heavy atom. The quantitative estimate of drug-likeness (QED) is 0.318. The molecular weight excluding hydrogens is 254 g/mol. The first-order chi connectivity index (χ1) is 7.54. The van der Waals surface area contributed by atoms with Gasteiger partial charge >= 0.3 is 15.6 Å². The smallest absolute Gasteiger partial charge is 0.377 e. The van der Waals surface area contributed by atoms with Gasteiger partial charge in [0.2, 0.25) is 0 Å². The molecule has 1 aromatic carbocycles. The lowest BCUT2D eigenvalue weighted by atomic mass is 9.80. The van der Waals surface area contributed by atoms with Crippen LogP contribution in [-0.2, 0) is 10.1 Å². The number of alkyl halides is 3. The second-order valence-corrected chi connectivity index (χ2v) is 5.25. The lowest BCUT2D eigenvalue weighted by Gasteiger charge is -2.14. The van der Waals surface area contributed by atoms with Gasteiger partial charge in [0, 0.05) is 0 Å². The number of hydrogen-bond donors (Lipinski definition) is 0. The van der Waals surface area contributed by atoms with Crippen molar-refractivity contribution in [2.45, 2.75) is 5.51 Å². The standard InChI is InChI=1S/C7H8B3F3O3S/c8-3-1-4(9)6(5(10)2-3)16-17(14,15)7(11,12)13/h1-2H,8-10H2. The molecule has 0 heterocycles. The van der Waals surface area contributed by atoms with Crippen molar-refractivity contribution < 1.29 is 25.8 Å². The zero-order valence-corrected chi connectivity index (χ0v) is 10.2. The van der Waals surface area contributed by atoms with Crippen LogP contribution in [0.3, 0.4) is 0 Å². The summed E-state index contributed by atoms with van der Waals surface area (Å²) in [6.07, 6.45) is 0. The molecule has 0 bridgehead atoms. The Labute approximate surface area is 99.7 Å². The number of rotatable bonds is 2. The molecule has 90 valence electrons. The number of halogens is 3. The van der Waals surface area contributed by atoms with Crippen LogP contribution in [0.2, 0.25) is 0 Å². The van der Waals surface area contributed by atoms with Gasteiger partial charge < -0.3 is 4.18 Å². The van der Waals surface area contributed by atoms with E-state index in [0.717, 1.165) is 5.46 Å². The molecule has 1 rings (SSSR count). The molecule has 17 heavy (non-hydrogen) atoms. The minimum atomic E-state index is -5.61. The van der Waals surface area contributed by atoms with Crippen molar-refractivity contribution in [2.75, 3.05) is 0 Å². The van der Waals surface area contributed by atoms with Gasteiger partial charge in [0.15, 0.2) is 0 Å².